The van der Waals surface area contributed by atoms with E-state index in [-0.39, 0.29) is 0 Å². The molecule has 0 radical (unpaired) electrons. The van der Waals surface area contributed by atoms with Crippen molar-refractivity contribution in [1.82, 2.24) is 9.55 Å². The fraction of sp³-hybridized carbons (Fsp3) is 0.100. The number of fused-ring (bicyclic) bond motifs is 3. The van der Waals surface area contributed by atoms with E-state index < -0.39 is 0 Å². The second-order valence-corrected chi connectivity index (χ2v) is 8.29. The van der Waals surface area contributed by atoms with E-state index in [4.69, 9.17) is 14.5 Å². The highest BCUT2D eigenvalue weighted by Gasteiger charge is 2.12. The van der Waals surface area contributed by atoms with Crippen LogP contribution in [0.5, 0.6) is 11.5 Å². The quantitative estimate of drug-likeness (QED) is 0.266. The van der Waals surface area contributed by atoms with Gasteiger partial charge in [-0.15, -0.1) is 0 Å². The number of ether oxygens (including phenoxy) is 2. The Kier molecular flexibility index (Phi) is 5.32. The lowest BCUT2D eigenvalue weighted by atomic mass is 10.1. The maximum Gasteiger partial charge on any atom is 0.148 e. The fourth-order valence-electron chi connectivity index (χ4n) is 4.46. The van der Waals surface area contributed by atoms with Crippen molar-refractivity contribution in [2.75, 3.05) is 6.61 Å². The second kappa shape index (κ2) is 8.91. The van der Waals surface area contributed by atoms with Crippen LogP contribution in [0.25, 0.3) is 32.6 Å². The van der Waals surface area contributed by atoms with Crippen LogP contribution in [-0.2, 0) is 13.2 Å². The highest BCUT2D eigenvalue weighted by Crippen LogP contribution is 2.27. The van der Waals surface area contributed by atoms with Gasteiger partial charge < -0.3 is 14.0 Å². The summed E-state index contributed by atoms with van der Waals surface area (Å²) >= 11 is 0. The van der Waals surface area contributed by atoms with Crippen molar-refractivity contribution in [2.24, 2.45) is 0 Å². The molecule has 0 unspecified atom stereocenters. The smallest absolute Gasteiger partial charge is 0.148 e. The van der Waals surface area contributed by atoms with Crippen LogP contribution in [-0.4, -0.2) is 16.2 Å². The van der Waals surface area contributed by atoms with E-state index >= 15 is 0 Å². The third-order valence-corrected chi connectivity index (χ3v) is 6.14. The van der Waals surface area contributed by atoms with E-state index in [2.05, 4.69) is 59.2 Å². The molecule has 6 aromatic rings. The number of hydrogen-bond acceptors (Lipinski definition) is 3. The Morgan fingerprint density at radius 3 is 2.35 bits per heavy atom. The lowest BCUT2D eigenvalue weighted by Crippen LogP contribution is -2.13. The first-order valence-electron chi connectivity index (χ1n) is 11.5. The minimum Gasteiger partial charge on any atom is -0.492 e. The van der Waals surface area contributed by atoms with E-state index in [0.717, 1.165) is 39.1 Å². The molecule has 6 rings (SSSR count). The third kappa shape index (κ3) is 3.95. The number of aromatic nitrogens is 2. The van der Waals surface area contributed by atoms with Gasteiger partial charge in [-0.3, -0.25) is 0 Å². The van der Waals surface area contributed by atoms with Crippen LogP contribution in [0.2, 0.25) is 0 Å². The topological polar surface area (TPSA) is 36.3 Å². The number of benzene rings is 5. The highest BCUT2D eigenvalue weighted by molar-refractivity contribution is 5.88. The Balaban J connectivity index is 1.23. The standard InChI is InChI=1S/C30H24N2O2/c1-2-10-24-20-25(17-16-22(24)8-1)33-19-18-32-28-14-6-5-13-27(28)31-30(32)21-34-29-15-7-11-23-9-3-4-12-26(23)29/h1-17,20H,18-19,21H2. The molecule has 0 aliphatic heterocycles. The zero-order valence-electron chi connectivity index (χ0n) is 18.7. The molecule has 0 saturated heterocycles. The van der Waals surface area contributed by atoms with E-state index in [0.29, 0.717) is 19.8 Å². The zero-order valence-corrected chi connectivity index (χ0v) is 18.7. The van der Waals surface area contributed by atoms with Gasteiger partial charge >= 0.3 is 0 Å². The van der Waals surface area contributed by atoms with Crippen LogP contribution in [0, 0.1) is 0 Å². The summed E-state index contributed by atoms with van der Waals surface area (Å²) in [4.78, 5) is 4.86. The first-order chi connectivity index (χ1) is 16.8. The summed E-state index contributed by atoms with van der Waals surface area (Å²) in [6.45, 7) is 1.61. The molecule has 0 aliphatic rings. The summed E-state index contributed by atoms with van der Waals surface area (Å²) in [6.07, 6.45) is 0. The van der Waals surface area contributed by atoms with Gasteiger partial charge in [0.25, 0.3) is 0 Å². The number of para-hydroxylation sites is 2. The average Bonchev–Trinajstić information content (AvgIpc) is 3.25. The SMILES string of the molecule is c1ccc2cc(OCCn3c(COc4cccc5ccccc45)nc4ccccc43)ccc2c1. The van der Waals surface area contributed by atoms with Crippen LogP contribution in [0.1, 0.15) is 5.82 Å². The summed E-state index contributed by atoms with van der Waals surface area (Å²) in [5, 5.41) is 4.66. The van der Waals surface area contributed by atoms with E-state index in [9.17, 15) is 0 Å². The summed E-state index contributed by atoms with van der Waals surface area (Å²) in [5.74, 6) is 2.62. The molecule has 1 heterocycles. The van der Waals surface area contributed by atoms with E-state index in [1.54, 1.807) is 0 Å². The van der Waals surface area contributed by atoms with Crippen LogP contribution >= 0.6 is 0 Å². The van der Waals surface area contributed by atoms with Crippen molar-refractivity contribution in [3.05, 3.63) is 115 Å². The Bertz CT molecular complexity index is 1600. The molecule has 166 valence electrons. The van der Waals surface area contributed by atoms with E-state index in [1.165, 1.54) is 10.8 Å². The van der Waals surface area contributed by atoms with Crippen molar-refractivity contribution >= 4 is 32.6 Å². The van der Waals surface area contributed by atoms with Crippen LogP contribution in [0.15, 0.2) is 109 Å². The highest BCUT2D eigenvalue weighted by atomic mass is 16.5. The zero-order chi connectivity index (χ0) is 22.7. The normalized spacial score (nSPS) is 11.3. The number of nitrogens with zero attached hydrogens (tertiary/aromatic N) is 2. The van der Waals surface area contributed by atoms with Crippen molar-refractivity contribution in [3.8, 4) is 11.5 Å². The predicted octanol–water partition coefficient (Wildman–Crippen LogP) is 7.00. The summed E-state index contributed by atoms with van der Waals surface area (Å²) < 4.78 is 14.6. The van der Waals surface area contributed by atoms with Gasteiger partial charge in [0, 0.05) is 5.39 Å². The maximum absolute atomic E-state index is 6.26. The molecule has 4 heteroatoms. The molecule has 0 amide bonds. The minimum atomic E-state index is 0.388. The molecule has 0 atom stereocenters. The largest absolute Gasteiger partial charge is 0.492 e. The lowest BCUT2D eigenvalue weighted by Gasteiger charge is -2.13. The monoisotopic (exact) mass is 444 g/mol. The molecule has 1 aromatic heterocycles. The summed E-state index contributed by atoms with van der Waals surface area (Å²) in [5.41, 5.74) is 2.05. The first-order valence-corrected chi connectivity index (χ1v) is 11.5. The van der Waals surface area contributed by atoms with Crippen LogP contribution in [0.4, 0.5) is 0 Å². The second-order valence-electron chi connectivity index (χ2n) is 8.29. The molecule has 0 saturated carbocycles. The predicted molar refractivity (Wildman–Crippen MR) is 137 cm³/mol. The Morgan fingerprint density at radius 2 is 1.41 bits per heavy atom. The van der Waals surface area contributed by atoms with Crippen LogP contribution < -0.4 is 9.47 Å². The number of imidazole rings is 1. The van der Waals surface area contributed by atoms with Crippen molar-refractivity contribution in [2.45, 2.75) is 13.2 Å². The van der Waals surface area contributed by atoms with Crippen molar-refractivity contribution in [1.29, 1.82) is 0 Å². The number of rotatable bonds is 7. The third-order valence-electron chi connectivity index (χ3n) is 6.14. The molecule has 0 bridgehead atoms. The summed E-state index contributed by atoms with van der Waals surface area (Å²) in [6, 6.07) is 37.1. The fourth-order valence-corrected chi connectivity index (χ4v) is 4.46. The minimum absolute atomic E-state index is 0.388. The van der Waals surface area contributed by atoms with Gasteiger partial charge in [0.1, 0.15) is 30.5 Å². The van der Waals surface area contributed by atoms with Gasteiger partial charge in [-0.05, 0) is 46.5 Å². The molecule has 5 aromatic carbocycles. The van der Waals surface area contributed by atoms with Crippen molar-refractivity contribution < 1.29 is 9.47 Å². The lowest BCUT2D eigenvalue weighted by molar-refractivity contribution is 0.274. The molecule has 0 N–H and O–H groups in total. The summed E-state index contributed by atoms with van der Waals surface area (Å²) in [7, 11) is 0. The first kappa shape index (κ1) is 20.3. The van der Waals surface area contributed by atoms with Crippen molar-refractivity contribution in [3.63, 3.8) is 0 Å². The van der Waals surface area contributed by atoms with Gasteiger partial charge in [-0.2, -0.15) is 0 Å². The molecular weight excluding hydrogens is 420 g/mol. The van der Waals surface area contributed by atoms with Crippen LogP contribution in [0.3, 0.4) is 0 Å². The Morgan fingerprint density at radius 1 is 0.647 bits per heavy atom. The van der Waals surface area contributed by atoms with Gasteiger partial charge in [-0.25, -0.2) is 4.98 Å². The molecule has 0 fully saturated rings. The molecular formula is C30H24N2O2. The average molecular weight is 445 g/mol. The van der Waals surface area contributed by atoms with Gasteiger partial charge in [0.05, 0.1) is 17.6 Å². The van der Waals surface area contributed by atoms with Gasteiger partial charge in [0.2, 0.25) is 0 Å². The van der Waals surface area contributed by atoms with Gasteiger partial charge in [0.15, 0.2) is 0 Å². The van der Waals surface area contributed by atoms with E-state index in [1.807, 2.05) is 54.6 Å². The maximum atomic E-state index is 6.26. The molecule has 34 heavy (non-hydrogen) atoms. The van der Waals surface area contributed by atoms with Gasteiger partial charge in [-0.1, -0.05) is 78.9 Å². The number of hydrogen-bond donors (Lipinski definition) is 0. The molecule has 0 spiro atoms. The Labute approximate surface area is 198 Å². The molecule has 4 nitrogen and oxygen atoms in total. The Hall–Kier alpha value is -4.31. The molecule has 0 aliphatic carbocycles.